The maximum absolute atomic E-state index is 13.0. The van der Waals surface area contributed by atoms with Crippen molar-refractivity contribution in [2.45, 2.75) is 27.2 Å². The van der Waals surface area contributed by atoms with E-state index in [1.807, 2.05) is 20.8 Å². The molecule has 0 saturated heterocycles. The Hall–Kier alpha value is -1.36. The number of nitrogens with zero attached hydrogens (tertiary/aromatic N) is 1. The van der Waals surface area contributed by atoms with Gasteiger partial charge in [-0.2, -0.15) is 0 Å². The van der Waals surface area contributed by atoms with Gasteiger partial charge in [-0.05, 0) is 23.6 Å². The third-order valence-corrected chi connectivity index (χ3v) is 2.39. The Bertz CT molecular complexity index is 402. The van der Waals surface area contributed by atoms with Gasteiger partial charge in [0.2, 0.25) is 0 Å². The van der Waals surface area contributed by atoms with Crippen molar-refractivity contribution >= 4 is 11.4 Å². The van der Waals surface area contributed by atoms with Gasteiger partial charge in [0.25, 0.3) is 6.43 Å². The van der Waals surface area contributed by atoms with Gasteiger partial charge in [-0.15, -0.1) is 0 Å². The average Bonchev–Trinajstić information content (AvgIpc) is 2.24. The molecule has 0 aliphatic carbocycles. The molecule has 0 bridgehead atoms. The van der Waals surface area contributed by atoms with Crippen LogP contribution in [0.5, 0.6) is 0 Å². The van der Waals surface area contributed by atoms with E-state index in [-0.39, 0.29) is 11.0 Å². The molecular weight excluding hydrogens is 238 g/mol. The summed E-state index contributed by atoms with van der Waals surface area (Å²) >= 11 is 0. The lowest BCUT2D eigenvalue weighted by molar-refractivity contribution is 0.128. The topological polar surface area (TPSA) is 38.5 Å². The van der Waals surface area contributed by atoms with Crippen LogP contribution in [0.25, 0.3) is 0 Å². The summed E-state index contributed by atoms with van der Waals surface area (Å²) in [5.74, 6) is 0. The van der Waals surface area contributed by atoms with E-state index in [0.29, 0.717) is 17.9 Å². The fourth-order valence-corrected chi connectivity index (χ4v) is 1.65. The fourth-order valence-electron chi connectivity index (χ4n) is 1.65. The molecule has 5 heteroatoms. The molecule has 0 aromatic heterocycles. The lowest BCUT2D eigenvalue weighted by atomic mass is 9.96. The van der Waals surface area contributed by atoms with Crippen LogP contribution in [0.1, 0.15) is 32.8 Å². The van der Waals surface area contributed by atoms with E-state index in [4.69, 9.17) is 10.6 Å². The normalized spacial score (nSPS) is 11.9. The third kappa shape index (κ3) is 3.84. The first-order valence-electron chi connectivity index (χ1n) is 5.74. The molecule has 2 N–H and O–H groups in total. The summed E-state index contributed by atoms with van der Waals surface area (Å²) in [5, 5.41) is 1.47. The van der Waals surface area contributed by atoms with Crippen LogP contribution in [0, 0.1) is 5.41 Å². The second-order valence-corrected chi connectivity index (χ2v) is 5.40. The molecule has 102 valence electrons. The van der Waals surface area contributed by atoms with Crippen molar-refractivity contribution in [1.29, 1.82) is 0 Å². The van der Waals surface area contributed by atoms with Gasteiger partial charge in [0.1, 0.15) is 0 Å². The number of hydroxylamine groups is 1. The minimum atomic E-state index is -2.58. The molecule has 18 heavy (non-hydrogen) atoms. The van der Waals surface area contributed by atoms with Crippen LogP contribution in [-0.2, 0) is 4.84 Å². The van der Waals surface area contributed by atoms with Crippen molar-refractivity contribution in [1.82, 2.24) is 0 Å². The number of nitrogen functional groups attached to an aromatic ring is 1. The fraction of sp³-hybridized carbons (Fsp3) is 0.538. The molecule has 0 heterocycles. The molecule has 0 fully saturated rings. The van der Waals surface area contributed by atoms with Crippen LogP contribution in [-0.4, -0.2) is 13.7 Å². The number of nitrogens with two attached hydrogens (primary N) is 1. The molecule has 0 saturated carbocycles. The zero-order valence-corrected chi connectivity index (χ0v) is 11.2. The minimum Gasteiger partial charge on any atom is -0.399 e. The lowest BCUT2D eigenvalue weighted by Gasteiger charge is -2.30. The summed E-state index contributed by atoms with van der Waals surface area (Å²) in [6.45, 7) is 6.54. The lowest BCUT2D eigenvalue weighted by Crippen LogP contribution is -2.32. The SMILES string of the molecule is CON(CC(C)(C)C)c1ccc(N)cc1C(F)F. The summed E-state index contributed by atoms with van der Waals surface area (Å²) in [7, 11) is 1.47. The van der Waals surface area contributed by atoms with Gasteiger partial charge in [0, 0.05) is 11.3 Å². The molecule has 1 aromatic rings. The van der Waals surface area contributed by atoms with E-state index in [0.717, 1.165) is 0 Å². The number of anilines is 2. The molecule has 0 atom stereocenters. The number of hydrogen-bond donors (Lipinski definition) is 1. The van der Waals surface area contributed by atoms with E-state index in [1.54, 1.807) is 12.1 Å². The van der Waals surface area contributed by atoms with Gasteiger partial charge in [-0.25, -0.2) is 8.78 Å². The molecular formula is C13H20F2N2O. The van der Waals surface area contributed by atoms with Crippen LogP contribution >= 0.6 is 0 Å². The molecule has 0 radical (unpaired) electrons. The van der Waals surface area contributed by atoms with Crippen LogP contribution < -0.4 is 10.8 Å². The van der Waals surface area contributed by atoms with E-state index < -0.39 is 6.43 Å². The van der Waals surface area contributed by atoms with Crippen molar-refractivity contribution in [3.8, 4) is 0 Å². The van der Waals surface area contributed by atoms with Gasteiger partial charge in [0.15, 0.2) is 0 Å². The van der Waals surface area contributed by atoms with Crippen molar-refractivity contribution in [3.63, 3.8) is 0 Å². The molecule has 1 aromatic carbocycles. The molecule has 0 amide bonds. The highest BCUT2D eigenvalue weighted by molar-refractivity contribution is 5.59. The van der Waals surface area contributed by atoms with Crippen LogP contribution in [0.15, 0.2) is 18.2 Å². The molecule has 0 unspecified atom stereocenters. The summed E-state index contributed by atoms with van der Waals surface area (Å²) < 4.78 is 26.0. The van der Waals surface area contributed by atoms with E-state index in [1.165, 1.54) is 18.2 Å². The second kappa shape index (κ2) is 5.52. The van der Waals surface area contributed by atoms with E-state index in [2.05, 4.69) is 0 Å². The summed E-state index contributed by atoms with van der Waals surface area (Å²) in [6, 6.07) is 4.44. The van der Waals surface area contributed by atoms with E-state index in [9.17, 15) is 8.78 Å². The number of alkyl halides is 2. The smallest absolute Gasteiger partial charge is 0.266 e. The Morgan fingerprint density at radius 3 is 2.39 bits per heavy atom. The summed E-state index contributed by atoms with van der Waals surface area (Å²) in [6.07, 6.45) is -2.58. The molecule has 0 aliphatic heterocycles. The Labute approximate surface area is 106 Å². The number of rotatable bonds is 4. The summed E-state index contributed by atoms with van der Waals surface area (Å²) in [5.41, 5.74) is 6.04. The third-order valence-electron chi connectivity index (χ3n) is 2.39. The number of hydrogen-bond acceptors (Lipinski definition) is 3. The first-order chi connectivity index (χ1) is 8.24. The highest BCUT2D eigenvalue weighted by atomic mass is 19.3. The van der Waals surface area contributed by atoms with Gasteiger partial charge in [-0.1, -0.05) is 20.8 Å². The van der Waals surface area contributed by atoms with Crippen molar-refractivity contribution in [3.05, 3.63) is 23.8 Å². The summed E-state index contributed by atoms with van der Waals surface area (Å²) in [4.78, 5) is 5.20. The predicted molar refractivity (Wildman–Crippen MR) is 69.6 cm³/mol. The Balaban J connectivity index is 3.12. The zero-order valence-electron chi connectivity index (χ0n) is 11.2. The quantitative estimate of drug-likeness (QED) is 0.662. The van der Waals surface area contributed by atoms with Gasteiger partial charge < -0.3 is 5.73 Å². The Morgan fingerprint density at radius 1 is 1.33 bits per heavy atom. The maximum Gasteiger partial charge on any atom is 0.266 e. The molecule has 0 aliphatic rings. The van der Waals surface area contributed by atoms with Crippen LogP contribution in [0.2, 0.25) is 0 Å². The van der Waals surface area contributed by atoms with Gasteiger partial charge in [0.05, 0.1) is 19.3 Å². The molecule has 0 spiro atoms. The van der Waals surface area contributed by atoms with Crippen molar-refractivity contribution < 1.29 is 13.6 Å². The van der Waals surface area contributed by atoms with Crippen molar-refractivity contribution in [2.75, 3.05) is 24.5 Å². The Morgan fingerprint density at radius 2 is 1.94 bits per heavy atom. The van der Waals surface area contributed by atoms with Crippen molar-refractivity contribution in [2.24, 2.45) is 5.41 Å². The number of benzene rings is 1. The highest BCUT2D eigenvalue weighted by Gasteiger charge is 2.22. The van der Waals surface area contributed by atoms with Crippen LogP contribution in [0.4, 0.5) is 20.2 Å². The minimum absolute atomic E-state index is 0.0726. The zero-order chi connectivity index (χ0) is 13.9. The maximum atomic E-state index is 13.0. The van der Waals surface area contributed by atoms with Crippen LogP contribution in [0.3, 0.4) is 0 Å². The van der Waals surface area contributed by atoms with E-state index >= 15 is 0 Å². The second-order valence-electron chi connectivity index (χ2n) is 5.40. The molecule has 3 nitrogen and oxygen atoms in total. The standard InChI is InChI=1S/C13H20F2N2O/c1-13(2,3)8-17(18-4)11-6-5-9(16)7-10(11)12(14)15/h5-7,12H,8,16H2,1-4H3. The highest BCUT2D eigenvalue weighted by Crippen LogP contribution is 2.33. The predicted octanol–water partition coefficient (Wildman–Crippen LogP) is 3.62. The van der Waals surface area contributed by atoms with Gasteiger partial charge >= 0.3 is 0 Å². The monoisotopic (exact) mass is 258 g/mol. The van der Waals surface area contributed by atoms with Gasteiger partial charge in [-0.3, -0.25) is 9.90 Å². The first-order valence-corrected chi connectivity index (χ1v) is 5.74. The first kappa shape index (κ1) is 14.7. The Kier molecular flexibility index (Phi) is 4.51. The largest absolute Gasteiger partial charge is 0.399 e. The average molecular weight is 258 g/mol. The molecule has 1 rings (SSSR count). The number of halogens is 2.